The lowest BCUT2D eigenvalue weighted by Gasteiger charge is -2.60. The molecular formula is C21H32O3. The number of hydrogen-bond acceptors (Lipinski definition) is 3. The minimum absolute atomic E-state index is 0.129. The first-order valence-electron chi connectivity index (χ1n) is 10.0. The molecule has 0 aromatic heterocycles. The fourth-order valence-electron chi connectivity index (χ4n) is 7.34. The van der Waals surface area contributed by atoms with Gasteiger partial charge in [0.25, 0.3) is 0 Å². The average molecular weight is 332 g/mol. The summed E-state index contributed by atoms with van der Waals surface area (Å²) in [6, 6.07) is 0. The molecule has 7 atom stereocenters. The Bertz CT molecular complexity index is 555. The summed E-state index contributed by atoms with van der Waals surface area (Å²) in [5.74, 6) is 3.23. The topological polar surface area (TPSA) is 43.4 Å². The van der Waals surface area contributed by atoms with E-state index in [1.165, 1.54) is 39.0 Å². The van der Waals surface area contributed by atoms with Crippen LogP contribution in [0.25, 0.3) is 0 Å². The standard InChI is InChI=1S/C21H32O3/c1-13(22)24-16-6-9-21(3)14(10-16)4-5-17-18(21)7-8-20(2)12-15(23)11-19(17)20/h14,16-19H,4-12H2,1-3H3/t14-,16-,17-,18+,19+,20-,21+/m0/s1. The highest BCUT2D eigenvalue weighted by Crippen LogP contribution is 2.65. The third kappa shape index (κ3) is 2.45. The molecule has 0 unspecified atom stereocenters. The second kappa shape index (κ2) is 5.57. The van der Waals surface area contributed by atoms with Crippen LogP contribution in [0.4, 0.5) is 0 Å². The number of rotatable bonds is 1. The van der Waals surface area contributed by atoms with Crippen LogP contribution in [-0.4, -0.2) is 17.9 Å². The number of fused-ring (bicyclic) bond motifs is 5. The highest BCUT2D eigenvalue weighted by atomic mass is 16.5. The zero-order valence-corrected chi connectivity index (χ0v) is 15.5. The molecule has 0 aromatic carbocycles. The predicted molar refractivity (Wildman–Crippen MR) is 92.3 cm³/mol. The van der Waals surface area contributed by atoms with Crippen LogP contribution in [0.1, 0.15) is 78.6 Å². The molecule has 3 nitrogen and oxygen atoms in total. The van der Waals surface area contributed by atoms with Crippen LogP contribution in [0.15, 0.2) is 0 Å². The fourth-order valence-corrected chi connectivity index (χ4v) is 7.34. The highest BCUT2D eigenvalue weighted by Gasteiger charge is 2.59. The van der Waals surface area contributed by atoms with Crippen molar-refractivity contribution in [1.29, 1.82) is 0 Å². The van der Waals surface area contributed by atoms with E-state index in [1.54, 1.807) is 0 Å². The molecule has 0 aromatic rings. The smallest absolute Gasteiger partial charge is 0.302 e. The number of carbonyl (C=O) groups is 2. The summed E-state index contributed by atoms with van der Waals surface area (Å²) in [6.07, 6.45) is 10.2. The second-order valence-electron chi connectivity index (χ2n) is 9.78. The summed E-state index contributed by atoms with van der Waals surface area (Å²) in [7, 11) is 0. The molecular weight excluding hydrogens is 300 g/mol. The van der Waals surface area contributed by atoms with Gasteiger partial charge in [-0.15, -0.1) is 0 Å². The van der Waals surface area contributed by atoms with E-state index in [1.807, 2.05) is 0 Å². The number of hydrogen-bond donors (Lipinski definition) is 0. The molecule has 0 spiro atoms. The van der Waals surface area contributed by atoms with Gasteiger partial charge in [-0.2, -0.15) is 0 Å². The summed E-state index contributed by atoms with van der Waals surface area (Å²) >= 11 is 0. The lowest BCUT2D eigenvalue weighted by atomic mass is 9.45. The van der Waals surface area contributed by atoms with Crippen LogP contribution >= 0.6 is 0 Å². The molecule has 0 amide bonds. The Morgan fingerprint density at radius 2 is 1.88 bits per heavy atom. The maximum atomic E-state index is 12.1. The Balaban J connectivity index is 1.54. The van der Waals surface area contributed by atoms with Gasteiger partial charge in [-0.3, -0.25) is 9.59 Å². The molecule has 0 radical (unpaired) electrons. The summed E-state index contributed by atoms with van der Waals surface area (Å²) in [5, 5.41) is 0. The van der Waals surface area contributed by atoms with Crippen LogP contribution in [0.5, 0.6) is 0 Å². The molecule has 0 N–H and O–H groups in total. The maximum Gasteiger partial charge on any atom is 0.302 e. The van der Waals surface area contributed by atoms with E-state index in [0.717, 1.165) is 37.5 Å². The third-order valence-electron chi connectivity index (χ3n) is 8.52. The van der Waals surface area contributed by atoms with Gasteiger partial charge < -0.3 is 4.74 Å². The van der Waals surface area contributed by atoms with E-state index in [9.17, 15) is 9.59 Å². The molecule has 4 aliphatic rings. The molecule has 3 heteroatoms. The van der Waals surface area contributed by atoms with Crippen molar-refractivity contribution in [2.75, 3.05) is 0 Å². The quantitative estimate of drug-likeness (QED) is 0.663. The van der Waals surface area contributed by atoms with Gasteiger partial charge in [-0.25, -0.2) is 0 Å². The van der Waals surface area contributed by atoms with Gasteiger partial charge in [0.2, 0.25) is 0 Å². The van der Waals surface area contributed by atoms with Crippen LogP contribution in [0, 0.1) is 34.5 Å². The van der Waals surface area contributed by atoms with Gasteiger partial charge in [0.05, 0.1) is 0 Å². The molecule has 0 saturated heterocycles. The van der Waals surface area contributed by atoms with Crippen molar-refractivity contribution in [2.45, 2.75) is 84.7 Å². The first-order valence-corrected chi connectivity index (χ1v) is 10.0. The Labute approximate surface area is 145 Å². The first kappa shape index (κ1) is 16.6. The Hall–Kier alpha value is -0.860. The minimum atomic E-state index is -0.129. The van der Waals surface area contributed by atoms with Crippen LogP contribution in [0.2, 0.25) is 0 Å². The number of esters is 1. The van der Waals surface area contributed by atoms with Gasteiger partial charge in [0.1, 0.15) is 11.9 Å². The van der Waals surface area contributed by atoms with E-state index in [0.29, 0.717) is 23.0 Å². The summed E-state index contributed by atoms with van der Waals surface area (Å²) < 4.78 is 5.54. The number of ether oxygens (including phenoxy) is 1. The first-order chi connectivity index (χ1) is 11.3. The number of ketones is 1. The van der Waals surface area contributed by atoms with Crippen LogP contribution in [0.3, 0.4) is 0 Å². The summed E-state index contributed by atoms with van der Waals surface area (Å²) in [6.45, 7) is 6.42. The lowest BCUT2D eigenvalue weighted by molar-refractivity contribution is -0.159. The van der Waals surface area contributed by atoms with Crippen LogP contribution < -0.4 is 0 Å². The van der Waals surface area contributed by atoms with Crippen molar-refractivity contribution in [3.63, 3.8) is 0 Å². The largest absolute Gasteiger partial charge is 0.463 e. The van der Waals surface area contributed by atoms with Gasteiger partial charge in [-0.05, 0) is 79.4 Å². The highest BCUT2D eigenvalue weighted by molar-refractivity contribution is 5.82. The molecule has 0 heterocycles. The van der Waals surface area contributed by atoms with Gasteiger partial charge in [-0.1, -0.05) is 13.8 Å². The van der Waals surface area contributed by atoms with Crippen molar-refractivity contribution < 1.29 is 14.3 Å². The molecule has 4 aliphatic carbocycles. The average Bonchev–Trinajstić information content (AvgIpc) is 2.81. The Kier molecular flexibility index (Phi) is 3.85. The fraction of sp³-hybridized carbons (Fsp3) is 0.905. The number of carbonyl (C=O) groups excluding carboxylic acids is 2. The van der Waals surface area contributed by atoms with Gasteiger partial charge in [0, 0.05) is 19.8 Å². The summed E-state index contributed by atoms with van der Waals surface area (Å²) in [4.78, 5) is 23.5. The molecule has 0 aliphatic heterocycles. The molecule has 4 rings (SSSR count). The van der Waals surface area contributed by atoms with E-state index in [2.05, 4.69) is 13.8 Å². The molecule has 24 heavy (non-hydrogen) atoms. The van der Waals surface area contributed by atoms with E-state index >= 15 is 0 Å². The van der Waals surface area contributed by atoms with Gasteiger partial charge in [0.15, 0.2) is 0 Å². The zero-order valence-electron chi connectivity index (χ0n) is 15.5. The number of Topliss-reactive ketones (excluding diaryl/α,β-unsaturated/α-hetero) is 1. The predicted octanol–water partition coefficient (Wildman–Crippen LogP) is 4.53. The maximum absolute atomic E-state index is 12.1. The van der Waals surface area contributed by atoms with Crippen molar-refractivity contribution >= 4 is 11.8 Å². The minimum Gasteiger partial charge on any atom is -0.463 e. The van der Waals surface area contributed by atoms with Gasteiger partial charge >= 0.3 is 5.97 Å². The Morgan fingerprint density at radius 1 is 1.08 bits per heavy atom. The third-order valence-corrected chi connectivity index (χ3v) is 8.52. The Morgan fingerprint density at radius 3 is 2.62 bits per heavy atom. The second-order valence-corrected chi connectivity index (χ2v) is 9.78. The van der Waals surface area contributed by atoms with Crippen LogP contribution in [-0.2, 0) is 14.3 Å². The monoisotopic (exact) mass is 332 g/mol. The molecule has 134 valence electrons. The summed E-state index contributed by atoms with van der Waals surface area (Å²) in [5.41, 5.74) is 0.683. The molecule has 0 bridgehead atoms. The SMILES string of the molecule is CC(=O)O[C@H]1CC[C@]2(C)[C@@H](CC[C@@H]3[C@H]4CC(=O)C[C@]4(C)CC[C@H]32)C1. The van der Waals surface area contributed by atoms with Crippen molar-refractivity contribution in [3.8, 4) is 0 Å². The lowest BCUT2D eigenvalue weighted by Crippen LogP contribution is -2.53. The van der Waals surface area contributed by atoms with E-state index < -0.39 is 0 Å². The zero-order chi connectivity index (χ0) is 17.1. The van der Waals surface area contributed by atoms with Crippen molar-refractivity contribution in [2.24, 2.45) is 34.5 Å². The van der Waals surface area contributed by atoms with E-state index in [4.69, 9.17) is 4.74 Å². The normalized spacial score (nSPS) is 50.6. The molecule has 4 saturated carbocycles. The van der Waals surface area contributed by atoms with Crippen molar-refractivity contribution in [3.05, 3.63) is 0 Å². The van der Waals surface area contributed by atoms with E-state index in [-0.39, 0.29) is 17.5 Å². The van der Waals surface area contributed by atoms with Crippen molar-refractivity contribution in [1.82, 2.24) is 0 Å². The molecule has 4 fully saturated rings.